The predicted octanol–water partition coefficient (Wildman–Crippen LogP) is 1.87. The first-order valence-electron chi connectivity index (χ1n) is 5.96. The van der Waals surface area contributed by atoms with Crippen LogP contribution in [0.5, 0.6) is 0 Å². The van der Waals surface area contributed by atoms with Crippen molar-refractivity contribution in [1.29, 1.82) is 0 Å². The minimum Gasteiger partial charge on any atom is -0.481 e. The third kappa shape index (κ3) is 4.20. The quantitative estimate of drug-likeness (QED) is 0.744. The molecule has 2 N–H and O–H groups in total. The highest BCUT2D eigenvalue weighted by Crippen LogP contribution is 2.27. The largest absolute Gasteiger partial charge is 0.481 e. The lowest BCUT2D eigenvalue weighted by Gasteiger charge is -2.15. The Morgan fingerprint density at radius 2 is 2.21 bits per heavy atom. The molecule has 6 nitrogen and oxygen atoms in total. The van der Waals surface area contributed by atoms with Crippen LogP contribution in [0.3, 0.4) is 0 Å². The van der Waals surface area contributed by atoms with E-state index in [2.05, 4.69) is 10.3 Å². The monoisotopic (exact) mass is 286 g/mol. The molecule has 1 aromatic heterocycles. The number of carboxylic acid groups (broad SMARTS) is 1. The Kier molecular flexibility index (Phi) is 5.29. The molecular weight excluding hydrogens is 268 g/mol. The molecule has 0 aromatic carbocycles. The van der Waals surface area contributed by atoms with E-state index in [4.69, 9.17) is 9.84 Å². The number of rotatable bonds is 7. The maximum absolute atomic E-state index is 11.1. The van der Waals surface area contributed by atoms with Crippen molar-refractivity contribution < 1.29 is 19.4 Å². The molecule has 0 spiro atoms. The molecular formula is C12H18N2O4S. The van der Waals surface area contributed by atoms with Crippen LogP contribution in [0.4, 0.5) is 5.13 Å². The summed E-state index contributed by atoms with van der Waals surface area (Å²) in [6.07, 6.45) is 0.255. The van der Waals surface area contributed by atoms with Crippen molar-refractivity contribution >= 4 is 28.4 Å². The van der Waals surface area contributed by atoms with Gasteiger partial charge >= 0.3 is 11.9 Å². The van der Waals surface area contributed by atoms with Gasteiger partial charge in [-0.25, -0.2) is 4.98 Å². The van der Waals surface area contributed by atoms with Gasteiger partial charge in [-0.05, 0) is 20.8 Å². The van der Waals surface area contributed by atoms with E-state index in [0.29, 0.717) is 24.0 Å². The average molecular weight is 286 g/mol. The lowest BCUT2D eigenvalue weighted by atomic mass is 9.90. The van der Waals surface area contributed by atoms with Crippen molar-refractivity contribution in [2.75, 3.05) is 18.5 Å². The molecule has 19 heavy (non-hydrogen) atoms. The molecule has 1 aromatic rings. The zero-order valence-electron chi connectivity index (χ0n) is 11.2. The van der Waals surface area contributed by atoms with Crippen LogP contribution in [0, 0.1) is 0 Å². The maximum atomic E-state index is 11.1. The second-order valence-electron chi connectivity index (χ2n) is 4.45. The Hall–Kier alpha value is -1.63. The van der Waals surface area contributed by atoms with E-state index < -0.39 is 11.4 Å². The van der Waals surface area contributed by atoms with Gasteiger partial charge in [0.25, 0.3) is 0 Å². The van der Waals surface area contributed by atoms with Crippen LogP contribution in [0.1, 0.15) is 32.9 Å². The summed E-state index contributed by atoms with van der Waals surface area (Å²) in [4.78, 5) is 26.4. The highest BCUT2D eigenvalue weighted by molar-refractivity contribution is 7.13. The van der Waals surface area contributed by atoms with Gasteiger partial charge in [-0.3, -0.25) is 9.59 Å². The molecule has 0 saturated carbocycles. The summed E-state index contributed by atoms with van der Waals surface area (Å²) in [5.74, 6) is -1.19. The van der Waals surface area contributed by atoms with Gasteiger partial charge in [-0.15, -0.1) is 11.3 Å². The minimum atomic E-state index is -1.02. The second kappa shape index (κ2) is 6.51. The first-order valence-corrected chi connectivity index (χ1v) is 6.84. The number of aliphatic carboxylic acids is 1. The van der Waals surface area contributed by atoms with Gasteiger partial charge in [-0.2, -0.15) is 0 Å². The Morgan fingerprint density at radius 1 is 1.53 bits per heavy atom. The number of nitrogens with one attached hydrogen (secondary N) is 1. The summed E-state index contributed by atoms with van der Waals surface area (Å²) < 4.78 is 4.80. The molecule has 0 fully saturated rings. The van der Waals surface area contributed by atoms with Gasteiger partial charge in [0.2, 0.25) is 0 Å². The number of esters is 1. The van der Waals surface area contributed by atoms with Crippen molar-refractivity contribution in [3.63, 3.8) is 0 Å². The number of carbonyl (C=O) groups is 2. The summed E-state index contributed by atoms with van der Waals surface area (Å²) in [6.45, 7) is 5.75. The fourth-order valence-electron chi connectivity index (χ4n) is 1.26. The topological polar surface area (TPSA) is 88.5 Å². The molecule has 1 rings (SSSR count). The van der Waals surface area contributed by atoms with Gasteiger partial charge in [0.1, 0.15) is 5.41 Å². The number of ether oxygens (including phenoxy) is 1. The molecule has 0 aliphatic heterocycles. The molecule has 0 amide bonds. The molecule has 106 valence electrons. The Bertz CT molecular complexity index is 456. The van der Waals surface area contributed by atoms with Crippen molar-refractivity contribution in [3.8, 4) is 0 Å². The van der Waals surface area contributed by atoms with E-state index in [0.717, 1.165) is 0 Å². The van der Waals surface area contributed by atoms with Crippen LogP contribution < -0.4 is 5.32 Å². The zero-order chi connectivity index (χ0) is 14.5. The molecule has 0 aliphatic carbocycles. The van der Waals surface area contributed by atoms with Gasteiger partial charge in [0.15, 0.2) is 5.13 Å². The van der Waals surface area contributed by atoms with E-state index in [1.165, 1.54) is 11.3 Å². The van der Waals surface area contributed by atoms with Crippen molar-refractivity contribution in [3.05, 3.63) is 11.1 Å². The van der Waals surface area contributed by atoms with Gasteiger partial charge < -0.3 is 15.2 Å². The molecule has 0 saturated heterocycles. The smallest absolute Gasteiger partial charge is 0.315 e. The third-order valence-electron chi connectivity index (χ3n) is 2.59. The van der Waals surface area contributed by atoms with Gasteiger partial charge in [-0.1, -0.05) is 0 Å². The van der Waals surface area contributed by atoms with Crippen molar-refractivity contribution in [1.82, 2.24) is 4.98 Å². The summed E-state index contributed by atoms with van der Waals surface area (Å²) in [7, 11) is 0. The maximum Gasteiger partial charge on any atom is 0.315 e. The molecule has 0 radical (unpaired) electrons. The van der Waals surface area contributed by atoms with E-state index in [1.807, 2.05) is 0 Å². The highest BCUT2D eigenvalue weighted by atomic mass is 32.1. The fraction of sp³-hybridized carbons (Fsp3) is 0.583. The fourth-order valence-corrected chi connectivity index (χ4v) is 2.16. The predicted molar refractivity (Wildman–Crippen MR) is 72.5 cm³/mol. The normalized spacial score (nSPS) is 11.1. The Labute approximate surface area is 115 Å². The van der Waals surface area contributed by atoms with Crippen LogP contribution in [0.15, 0.2) is 5.38 Å². The molecule has 0 aliphatic rings. The van der Waals surface area contributed by atoms with Crippen molar-refractivity contribution in [2.45, 2.75) is 32.6 Å². The summed E-state index contributed by atoms with van der Waals surface area (Å²) in [5.41, 5.74) is -0.513. The Balaban J connectivity index is 2.52. The molecule has 0 bridgehead atoms. The number of carbonyl (C=O) groups excluding carboxylic acids is 1. The number of hydrogen-bond donors (Lipinski definition) is 2. The second-order valence-corrected chi connectivity index (χ2v) is 5.31. The average Bonchev–Trinajstić information content (AvgIpc) is 2.78. The number of nitrogens with zero attached hydrogens (tertiary/aromatic N) is 1. The number of hydrogen-bond acceptors (Lipinski definition) is 6. The minimum absolute atomic E-state index is 0.255. The summed E-state index contributed by atoms with van der Waals surface area (Å²) >= 11 is 1.32. The van der Waals surface area contributed by atoms with Gasteiger partial charge in [0, 0.05) is 11.9 Å². The van der Waals surface area contributed by atoms with E-state index >= 15 is 0 Å². The SMILES string of the molecule is CCOC(=O)CCNc1nc(C(C)(C)C(=O)O)cs1. The third-order valence-corrected chi connectivity index (χ3v) is 3.39. The molecule has 0 atom stereocenters. The number of anilines is 1. The van der Waals surface area contributed by atoms with Crippen LogP contribution in [-0.4, -0.2) is 35.2 Å². The number of thiazole rings is 1. The van der Waals surface area contributed by atoms with Crippen molar-refractivity contribution in [2.24, 2.45) is 0 Å². The lowest BCUT2D eigenvalue weighted by molar-refractivity contribution is -0.143. The Morgan fingerprint density at radius 3 is 2.79 bits per heavy atom. The van der Waals surface area contributed by atoms with Crippen LogP contribution >= 0.6 is 11.3 Å². The first kappa shape index (κ1) is 15.4. The molecule has 7 heteroatoms. The number of carboxylic acids is 1. The number of aromatic nitrogens is 1. The highest BCUT2D eigenvalue weighted by Gasteiger charge is 2.32. The standard InChI is InChI=1S/C12H18N2O4S/c1-4-18-9(15)5-6-13-11-14-8(7-19-11)12(2,3)10(16)17/h7H,4-6H2,1-3H3,(H,13,14)(H,16,17). The first-order chi connectivity index (χ1) is 8.87. The zero-order valence-corrected chi connectivity index (χ0v) is 12.0. The molecule has 1 heterocycles. The van der Waals surface area contributed by atoms with Crippen LogP contribution in [0.2, 0.25) is 0 Å². The van der Waals surface area contributed by atoms with E-state index in [1.54, 1.807) is 26.2 Å². The van der Waals surface area contributed by atoms with Gasteiger partial charge in [0.05, 0.1) is 18.7 Å². The van der Waals surface area contributed by atoms with Crippen LogP contribution in [0.25, 0.3) is 0 Å². The summed E-state index contributed by atoms with van der Waals surface area (Å²) in [6, 6.07) is 0. The summed E-state index contributed by atoms with van der Waals surface area (Å²) in [5, 5.41) is 14.4. The van der Waals surface area contributed by atoms with Crippen LogP contribution in [-0.2, 0) is 19.7 Å². The van der Waals surface area contributed by atoms with E-state index in [-0.39, 0.29) is 12.4 Å². The lowest BCUT2D eigenvalue weighted by Crippen LogP contribution is -2.28. The molecule has 0 unspecified atom stereocenters. The van der Waals surface area contributed by atoms with E-state index in [9.17, 15) is 9.59 Å².